The molecule has 2 aromatic carbocycles. The zero-order valence-corrected chi connectivity index (χ0v) is 12.7. The number of halogens is 2. The van der Waals surface area contributed by atoms with Crippen molar-refractivity contribution in [1.82, 2.24) is 4.98 Å². The predicted molar refractivity (Wildman–Crippen MR) is 83.2 cm³/mol. The fourth-order valence-corrected chi connectivity index (χ4v) is 3.46. The van der Waals surface area contributed by atoms with Crippen molar-refractivity contribution in [1.29, 1.82) is 0 Å². The molecule has 0 spiro atoms. The van der Waals surface area contributed by atoms with Crippen LogP contribution in [0, 0.1) is 0 Å². The van der Waals surface area contributed by atoms with Gasteiger partial charge >= 0.3 is 0 Å². The van der Waals surface area contributed by atoms with Gasteiger partial charge in [-0.25, -0.2) is 4.98 Å². The summed E-state index contributed by atoms with van der Waals surface area (Å²) in [6.07, 6.45) is 0.838. The molecule has 0 bridgehead atoms. The van der Waals surface area contributed by atoms with Crippen LogP contribution in [-0.4, -0.2) is 11.3 Å². The molecular formula is C14H7BrClNOS. The summed E-state index contributed by atoms with van der Waals surface area (Å²) < 4.78 is 1.94. The molecule has 1 heterocycles. The quantitative estimate of drug-likeness (QED) is 0.594. The number of nitrogens with zero attached hydrogens (tertiary/aromatic N) is 1. The number of aromatic nitrogens is 1. The molecule has 3 rings (SSSR count). The van der Waals surface area contributed by atoms with Crippen LogP contribution >= 0.6 is 38.9 Å². The number of hydrogen-bond donors (Lipinski definition) is 0. The molecule has 0 radical (unpaired) electrons. The number of carbonyl (C=O) groups is 1. The van der Waals surface area contributed by atoms with E-state index in [9.17, 15) is 4.79 Å². The van der Waals surface area contributed by atoms with E-state index in [-0.39, 0.29) is 0 Å². The first kappa shape index (κ1) is 12.8. The minimum Gasteiger partial charge on any atom is -0.298 e. The number of aldehydes is 1. The lowest BCUT2D eigenvalue weighted by Crippen LogP contribution is -1.79. The van der Waals surface area contributed by atoms with Crippen molar-refractivity contribution in [3.05, 3.63) is 51.5 Å². The molecule has 0 amide bonds. The van der Waals surface area contributed by atoms with E-state index in [4.69, 9.17) is 11.6 Å². The summed E-state index contributed by atoms with van der Waals surface area (Å²) in [7, 11) is 0. The lowest BCUT2D eigenvalue weighted by atomic mass is 10.2. The van der Waals surface area contributed by atoms with Gasteiger partial charge in [-0.05, 0) is 36.4 Å². The van der Waals surface area contributed by atoms with E-state index in [2.05, 4.69) is 20.9 Å². The Hall–Kier alpha value is -1.23. The maximum atomic E-state index is 10.8. The Labute approximate surface area is 127 Å². The van der Waals surface area contributed by atoms with E-state index in [0.717, 1.165) is 31.5 Å². The monoisotopic (exact) mass is 351 g/mol. The van der Waals surface area contributed by atoms with E-state index >= 15 is 0 Å². The maximum Gasteiger partial charge on any atom is 0.150 e. The Morgan fingerprint density at radius 1 is 1.21 bits per heavy atom. The number of hydrogen-bond acceptors (Lipinski definition) is 3. The Bertz CT molecular complexity index is 784. The van der Waals surface area contributed by atoms with Gasteiger partial charge in [0.1, 0.15) is 11.3 Å². The van der Waals surface area contributed by atoms with Gasteiger partial charge in [-0.3, -0.25) is 4.79 Å². The van der Waals surface area contributed by atoms with Crippen LogP contribution in [0.25, 0.3) is 20.8 Å². The van der Waals surface area contributed by atoms with Crippen molar-refractivity contribution in [3.8, 4) is 10.6 Å². The van der Waals surface area contributed by atoms with Gasteiger partial charge in [0.25, 0.3) is 0 Å². The third-order valence-corrected chi connectivity index (χ3v) is 4.58. The van der Waals surface area contributed by atoms with Crippen LogP contribution in [-0.2, 0) is 0 Å². The molecule has 0 atom stereocenters. The van der Waals surface area contributed by atoms with Crippen LogP contribution in [0.15, 0.2) is 40.9 Å². The van der Waals surface area contributed by atoms with Crippen molar-refractivity contribution in [3.63, 3.8) is 0 Å². The fourth-order valence-electron chi connectivity index (χ4n) is 1.79. The van der Waals surface area contributed by atoms with Gasteiger partial charge in [0.05, 0.1) is 15.2 Å². The zero-order chi connectivity index (χ0) is 13.4. The smallest absolute Gasteiger partial charge is 0.150 e. The summed E-state index contributed by atoms with van der Waals surface area (Å²) in [4.78, 5) is 15.3. The summed E-state index contributed by atoms with van der Waals surface area (Å²) in [5.41, 5.74) is 2.43. The van der Waals surface area contributed by atoms with E-state index < -0.39 is 0 Å². The van der Waals surface area contributed by atoms with Crippen molar-refractivity contribution in [2.75, 3.05) is 0 Å². The highest BCUT2D eigenvalue weighted by atomic mass is 79.9. The largest absolute Gasteiger partial charge is 0.298 e. The Morgan fingerprint density at radius 2 is 2.05 bits per heavy atom. The van der Waals surface area contributed by atoms with Crippen LogP contribution in [0.2, 0.25) is 5.02 Å². The molecular weight excluding hydrogens is 346 g/mol. The van der Waals surface area contributed by atoms with E-state index in [1.165, 1.54) is 11.3 Å². The van der Waals surface area contributed by atoms with Crippen LogP contribution in [0.1, 0.15) is 10.4 Å². The zero-order valence-electron chi connectivity index (χ0n) is 9.56. The third kappa shape index (κ3) is 2.43. The average molecular weight is 353 g/mol. The summed E-state index contributed by atoms with van der Waals surface area (Å²) in [5, 5.41) is 1.52. The molecule has 5 heteroatoms. The molecule has 3 aromatic rings. The fraction of sp³-hybridized carbons (Fsp3) is 0. The number of thiazole rings is 1. The van der Waals surface area contributed by atoms with Crippen molar-refractivity contribution in [2.45, 2.75) is 0 Å². The van der Waals surface area contributed by atoms with Crippen LogP contribution in [0.4, 0.5) is 0 Å². The lowest BCUT2D eigenvalue weighted by Gasteiger charge is -2.00. The van der Waals surface area contributed by atoms with Crippen LogP contribution < -0.4 is 0 Å². The molecule has 0 aliphatic heterocycles. The highest BCUT2D eigenvalue weighted by Crippen LogP contribution is 2.36. The van der Waals surface area contributed by atoms with Gasteiger partial charge in [-0.1, -0.05) is 27.5 Å². The highest BCUT2D eigenvalue weighted by molar-refractivity contribution is 9.10. The van der Waals surface area contributed by atoms with Crippen molar-refractivity contribution in [2.24, 2.45) is 0 Å². The summed E-state index contributed by atoms with van der Waals surface area (Å²) in [6.45, 7) is 0. The van der Waals surface area contributed by atoms with E-state index in [1.54, 1.807) is 6.07 Å². The Kier molecular flexibility index (Phi) is 3.39. The molecule has 94 valence electrons. The SMILES string of the molecule is O=Cc1ccc2nc(-c3cc(Br)ccc3Cl)sc2c1. The second-order valence-electron chi connectivity index (χ2n) is 3.99. The predicted octanol–water partition coefficient (Wildman–Crippen LogP) is 5.19. The molecule has 19 heavy (non-hydrogen) atoms. The second-order valence-corrected chi connectivity index (χ2v) is 6.34. The molecule has 0 N–H and O–H groups in total. The van der Waals surface area contributed by atoms with Crippen LogP contribution in [0.3, 0.4) is 0 Å². The van der Waals surface area contributed by atoms with Gasteiger partial charge in [-0.2, -0.15) is 0 Å². The van der Waals surface area contributed by atoms with E-state index in [1.807, 2.05) is 30.3 Å². The summed E-state index contributed by atoms with van der Waals surface area (Å²) in [5.74, 6) is 0. The average Bonchev–Trinajstić information content (AvgIpc) is 2.83. The summed E-state index contributed by atoms with van der Waals surface area (Å²) in [6, 6.07) is 11.1. The van der Waals surface area contributed by atoms with E-state index in [0.29, 0.717) is 10.6 Å². The minimum atomic E-state index is 0.656. The number of rotatable bonds is 2. The summed E-state index contributed by atoms with van der Waals surface area (Å²) >= 11 is 11.2. The molecule has 0 fully saturated rings. The molecule has 0 saturated heterocycles. The first-order valence-corrected chi connectivity index (χ1v) is 7.47. The standard InChI is InChI=1S/C14H7BrClNOS/c15-9-2-3-11(16)10(6-9)14-17-12-4-1-8(7-18)5-13(12)19-14/h1-7H. The number of carbonyl (C=O) groups excluding carboxylic acids is 1. The third-order valence-electron chi connectivity index (χ3n) is 2.71. The molecule has 0 aliphatic rings. The first-order valence-electron chi connectivity index (χ1n) is 5.48. The highest BCUT2D eigenvalue weighted by Gasteiger charge is 2.10. The van der Waals surface area contributed by atoms with Gasteiger partial charge < -0.3 is 0 Å². The molecule has 0 saturated carbocycles. The lowest BCUT2D eigenvalue weighted by molar-refractivity contribution is 0.112. The van der Waals surface area contributed by atoms with Gasteiger partial charge in [0.15, 0.2) is 0 Å². The van der Waals surface area contributed by atoms with Gasteiger partial charge in [0.2, 0.25) is 0 Å². The van der Waals surface area contributed by atoms with Crippen LogP contribution in [0.5, 0.6) is 0 Å². The molecule has 2 nitrogen and oxygen atoms in total. The number of fused-ring (bicyclic) bond motifs is 1. The molecule has 0 aliphatic carbocycles. The van der Waals surface area contributed by atoms with Crippen molar-refractivity contribution >= 4 is 55.4 Å². The molecule has 1 aromatic heterocycles. The van der Waals surface area contributed by atoms with Crippen molar-refractivity contribution < 1.29 is 4.79 Å². The second kappa shape index (κ2) is 5.04. The normalized spacial score (nSPS) is 10.8. The van der Waals surface area contributed by atoms with Gasteiger partial charge in [0, 0.05) is 15.6 Å². The van der Waals surface area contributed by atoms with Gasteiger partial charge in [-0.15, -0.1) is 11.3 Å². The minimum absolute atomic E-state index is 0.656. The maximum absolute atomic E-state index is 10.8. The molecule has 0 unspecified atom stereocenters. The first-order chi connectivity index (χ1) is 9.17. The Balaban J connectivity index is 2.20. The topological polar surface area (TPSA) is 30.0 Å². The Morgan fingerprint density at radius 3 is 2.84 bits per heavy atom. The number of benzene rings is 2.